The molecule has 0 aromatic heterocycles. The zero-order chi connectivity index (χ0) is 10.7. The van der Waals surface area contributed by atoms with Crippen LogP contribution in [0.3, 0.4) is 0 Å². The summed E-state index contributed by atoms with van der Waals surface area (Å²) in [6.07, 6.45) is 0. The van der Waals surface area contributed by atoms with Gasteiger partial charge in [0, 0.05) is 6.54 Å². The van der Waals surface area contributed by atoms with Crippen LogP contribution in [0.1, 0.15) is 11.6 Å². The van der Waals surface area contributed by atoms with Gasteiger partial charge in [0.1, 0.15) is 5.75 Å². The molecule has 1 fully saturated rings. The van der Waals surface area contributed by atoms with Gasteiger partial charge in [-0.2, -0.15) is 0 Å². The minimum absolute atomic E-state index is 0.238. The first-order valence-corrected chi connectivity index (χ1v) is 5.33. The first-order valence-electron chi connectivity index (χ1n) is 4.96. The average molecular weight is 228 g/mol. The quantitative estimate of drug-likeness (QED) is 0.839. The summed E-state index contributed by atoms with van der Waals surface area (Å²) in [7, 11) is 1.61. The third-order valence-corrected chi connectivity index (χ3v) is 2.80. The number of rotatable bonds is 2. The van der Waals surface area contributed by atoms with Crippen LogP contribution in [0, 0.1) is 0 Å². The first kappa shape index (κ1) is 10.7. The predicted molar refractivity (Wildman–Crippen MR) is 59.6 cm³/mol. The zero-order valence-electron chi connectivity index (χ0n) is 8.63. The molecule has 2 rings (SSSR count). The maximum atomic E-state index is 6.06. The van der Waals surface area contributed by atoms with E-state index in [1.54, 1.807) is 7.11 Å². The minimum atomic E-state index is 0.238. The van der Waals surface area contributed by atoms with Crippen molar-refractivity contribution in [2.75, 3.05) is 26.9 Å². The molecule has 1 N–H and O–H groups in total. The molecule has 0 aliphatic carbocycles. The monoisotopic (exact) mass is 227 g/mol. The van der Waals surface area contributed by atoms with E-state index in [2.05, 4.69) is 5.32 Å². The van der Waals surface area contributed by atoms with E-state index in [0.717, 1.165) is 18.7 Å². The van der Waals surface area contributed by atoms with Gasteiger partial charge in [-0.1, -0.05) is 17.7 Å². The maximum absolute atomic E-state index is 6.06. The van der Waals surface area contributed by atoms with Crippen LogP contribution in [-0.2, 0) is 4.74 Å². The van der Waals surface area contributed by atoms with Crippen LogP contribution in [0.5, 0.6) is 5.75 Å². The second-order valence-corrected chi connectivity index (χ2v) is 3.88. The van der Waals surface area contributed by atoms with Crippen molar-refractivity contribution in [1.82, 2.24) is 5.32 Å². The van der Waals surface area contributed by atoms with Crippen molar-refractivity contribution in [3.8, 4) is 5.75 Å². The molecule has 4 heteroatoms. The van der Waals surface area contributed by atoms with Crippen LogP contribution >= 0.6 is 11.6 Å². The number of methoxy groups -OCH3 is 1. The molecule has 0 radical (unpaired) electrons. The lowest BCUT2D eigenvalue weighted by atomic mass is 10.1. The fourth-order valence-corrected chi connectivity index (χ4v) is 1.95. The molecule has 15 heavy (non-hydrogen) atoms. The molecule has 0 bridgehead atoms. The van der Waals surface area contributed by atoms with Crippen LogP contribution in [0.2, 0.25) is 5.02 Å². The Morgan fingerprint density at radius 2 is 2.40 bits per heavy atom. The summed E-state index contributed by atoms with van der Waals surface area (Å²) < 4.78 is 10.5. The second-order valence-electron chi connectivity index (χ2n) is 3.48. The number of nitrogens with one attached hydrogen (secondary N) is 1. The van der Waals surface area contributed by atoms with Gasteiger partial charge in [0.2, 0.25) is 0 Å². The Balaban J connectivity index is 2.17. The molecule has 1 saturated heterocycles. The number of hydrogen-bond acceptors (Lipinski definition) is 3. The third-order valence-electron chi connectivity index (χ3n) is 2.50. The lowest BCUT2D eigenvalue weighted by Gasteiger charge is -2.24. The average Bonchev–Trinajstić information content (AvgIpc) is 2.30. The topological polar surface area (TPSA) is 30.5 Å². The Hall–Kier alpha value is -0.770. The van der Waals surface area contributed by atoms with Gasteiger partial charge in [0.05, 0.1) is 31.4 Å². The van der Waals surface area contributed by atoms with Crippen molar-refractivity contribution in [3.05, 3.63) is 28.8 Å². The molecule has 1 heterocycles. The van der Waals surface area contributed by atoms with Gasteiger partial charge >= 0.3 is 0 Å². The van der Waals surface area contributed by atoms with Gasteiger partial charge < -0.3 is 14.8 Å². The molecule has 3 nitrogen and oxygen atoms in total. The SMILES string of the molecule is COc1ccc(C2COCCN2)cc1Cl. The van der Waals surface area contributed by atoms with Gasteiger partial charge in [0.25, 0.3) is 0 Å². The highest BCUT2D eigenvalue weighted by atomic mass is 35.5. The normalized spacial score (nSPS) is 21.3. The lowest BCUT2D eigenvalue weighted by Crippen LogP contribution is -2.34. The molecule has 1 aliphatic rings. The van der Waals surface area contributed by atoms with Crippen molar-refractivity contribution in [3.63, 3.8) is 0 Å². The Morgan fingerprint density at radius 1 is 1.53 bits per heavy atom. The van der Waals surface area contributed by atoms with Gasteiger partial charge in [-0.25, -0.2) is 0 Å². The molecule has 1 aromatic carbocycles. The van der Waals surface area contributed by atoms with Gasteiger partial charge in [-0.05, 0) is 17.7 Å². The maximum Gasteiger partial charge on any atom is 0.137 e. The Bertz CT molecular complexity index is 337. The fourth-order valence-electron chi connectivity index (χ4n) is 1.68. The smallest absolute Gasteiger partial charge is 0.137 e. The van der Waals surface area contributed by atoms with E-state index in [9.17, 15) is 0 Å². The summed E-state index contributed by atoms with van der Waals surface area (Å²) in [6, 6.07) is 6.06. The number of halogens is 1. The molecule has 0 spiro atoms. The number of morpholine rings is 1. The predicted octanol–water partition coefficient (Wildman–Crippen LogP) is 2.01. The van der Waals surface area contributed by atoms with E-state index in [4.69, 9.17) is 21.1 Å². The Kier molecular flexibility index (Phi) is 3.46. The summed E-state index contributed by atoms with van der Waals surface area (Å²) in [4.78, 5) is 0. The van der Waals surface area contributed by atoms with Crippen molar-refractivity contribution < 1.29 is 9.47 Å². The van der Waals surface area contributed by atoms with Crippen molar-refractivity contribution in [2.45, 2.75) is 6.04 Å². The van der Waals surface area contributed by atoms with E-state index in [0.29, 0.717) is 17.4 Å². The number of benzene rings is 1. The van der Waals surface area contributed by atoms with Crippen molar-refractivity contribution in [1.29, 1.82) is 0 Å². The van der Waals surface area contributed by atoms with Crippen LogP contribution in [0.15, 0.2) is 18.2 Å². The highest BCUT2D eigenvalue weighted by molar-refractivity contribution is 6.32. The van der Waals surface area contributed by atoms with E-state index in [-0.39, 0.29) is 6.04 Å². The second kappa shape index (κ2) is 4.84. The summed E-state index contributed by atoms with van der Waals surface area (Å²) in [5, 5.41) is 4.02. The van der Waals surface area contributed by atoms with E-state index in [1.807, 2.05) is 18.2 Å². The zero-order valence-corrected chi connectivity index (χ0v) is 9.38. The summed E-state index contributed by atoms with van der Waals surface area (Å²) >= 11 is 6.06. The number of hydrogen-bond donors (Lipinski definition) is 1. The summed E-state index contributed by atoms with van der Waals surface area (Å²) in [5.74, 6) is 0.706. The fraction of sp³-hybridized carbons (Fsp3) is 0.455. The molecule has 0 amide bonds. The standard InChI is InChI=1S/C11H14ClNO2/c1-14-11-3-2-8(6-9(11)12)10-7-15-5-4-13-10/h2-3,6,10,13H,4-5,7H2,1H3. The summed E-state index contributed by atoms with van der Waals surface area (Å²) in [5.41, 5.74) is 1.14. The van der Waals surface area contributed by atoms with Crippen LogP contribution < -0.4 is 10.1 Å². The molecular weight excluding hydrogens is 214 g/mol. The van der Waals surface area contributed by atoms with Crippen LogP contribution in [0.4, 0.5) is 0 Å². The lowest BCUT2D eigenvalue weighted by molar-refractivity contribution is 0.0769. The third kappa shape index (κ3) is 2.43. The van der Waals surface area contributed by atoms with E-state index >= 15 is 0 Å². The molecule has 82 valence electrons. The molecule has 1 aliphatic heterocycles. The summed E-state index contributed by atoms with van der Waals surface area (Å²) in [6.45, 7) is 2.36. The molecule has 0 saturated carbocycles. The minimum Gasteiger partial charge on any atom is -0.495 e. The largest absolute Gasteiger partial charge is 0.495 e. The molecule has 1 unspecified atom stereocenters. The van der Waals surface area contributed by atoms with Gasteiger partial charge in [0.15, 0.2) is 0 Å². The van der Waals surface area contributed by atoms with Gasteiger partial charge in [-0.3, -0.25) is 0 Å². The molecule has 1 atom stereocenters. The van der Waals surface area contributed by atoms with Crippen molar-refractivity contribution >= 4 is 11.6 Å². The van der Waals surface area contributed by atoms with Crippen molar-refractivity contribution in [2.24, 2.45) is 0 Å². The first-order chi connectivity index (χ1) is 7.31. The van der Waals surface area contributed by atoms with Crippen LogP contribution in [0.25, 0.3) is 0 Å². The van der Waals surface area contributed by atoms with E-state index < -0.39 is 0 Å². The Morgan fingerprint density at radius 3 is 3.00 bits per heavy atom. The van der Waals surface area contributed by atoms with Crippen LogP contribution in [-0.4, -0.2) is 26.9 Å². The molecule has 1 aromatic rings. The highest BCUT2D eigenvalue weighted by Crippen LogP contribution is 2.28. The van der Waals surface area contributed by atoms with Gasteiger partial charge in [-0.15, -0.1) is 0 Å². The molecular formula is C11H14ClNO2. The highest BCUT2D eigenvalue weighted by Gasteiger charge is 2.16. The van der Waals surface area contributed by atoms with E-state index in [1.165, 1.54) is 0 Å². The number of ether oxygens (including phenoxy) is 2. The Labute approximate surface area is 94.3 Å².